The highest BCUT2D eigenvalue weighted by molar-refractivity contribution is 8.00. The highest BCUT2D eigenvalue weighted by Crippen LogP contribution is 2.16. The molecular weight excluding hydrogens is 136 g/mol. The largest absolute Gasteiger partial charge is 0.394 e. The van der Waals surface area contributed by atoms with Crippen molar-refractivity contribution in [2.45, 2.75) is 11.4 Å². The van der Waals surface area contributed by atoms with Crippen LogP contribution in [0.4, 0.5) is 0 Å². The third kappa shape index (κ3) is 1.58. The fourth-order valence-corrected chi connectivity index (χ4v) is 1.67. The molecule has 3 nitrogen and oxygen atoms in total. The van der Waals surface area contributed by atoms with Crippen LogP contribution in [0.5, 0.6) is 0 Å². The van der Waals surface area contributed by atoms with Gasteiger partial charge in [0.05, 0.1) is 18.0 Å². The monoisotopic (exact) mass is 144 g/mol. The van der Waals surface area contributed by atoms with Gasteiger partial charge in [-0.1, -0.05) is 0 Å². The fourth-order valence-electron chi connectivity index (χ4n) is 0.713. The predicted octanol–water partition coefficient (Wildman–Crippen LogP) is -0.467. The van der Waals surface area contributed by atoms with Crippen molar-refractivity contribution in [3.8, 4) is 6.07 Å². The van der Waals surface area contributed by atoms with Crippen LogP contribution < -0.4 is 5.32 Å². The first kappa shape index (κ1) is 6.87. The summed E-state index contributed by atoms with van der Waals surface area (Å²) in [5.74, 6) is 0.793. The number of nitrogens with one attached hydrogen (secondary N) is 1. The van der Waals surface area contributed by atoms with Gasteiger partial charge in [-0.2, -0.15) is 5.26 Å². The molecule has 1 aliphatic heterocycles. The highest BCUT2D eigenvalue weighted by Gasteiger charge is 2.22. The third-order valence-corrected chi connectivity index (χ3v) is 2.39. The summed E-state index contributed by atoms with van der Waals surface area (Å²) in [6.45, 7) is 0.114. The van der Waals surface area contributed by atoms with Crippen LogP contribution >= 0.6 is 11.8 Å². The second-order valence-corrected chi connectivity index (χ2v) is 3.09. The van der Waals surface area contributed by atoms with E-state index in [-0.39, 0.29) is 18.0 Å². The van der Waals surface area contributed by atoms with Gasteiger partial charge in [-0.05, 0) is 0 Å². The molecule has 2 N–H and O–H groups in total. The van der Waals surface area contributed by atoms with Gasteiger partial charge >= 0.3 is 0 Å². The van der Waals surface area contributed by atoms with Gasteiger partial charge in [-0.3, -0.25) is 5.32 Å². The van der Waals surface area contributed by atoms with Crippen molar-refractivity contribution < 1.29 is 5.11 Å². The van der Waals surface area contributed by atoms with Crippen molar-refractivity contribution >= 4 is 11.8 Å². The van der Waals surface area contributed by atoms with Crippen LogP contribution in [-0.4, -0.2) is 28.9 Å². The van der Waals surface area contributed by atoms with Crippen molar-refractivity contribution in [1.82, 2.24) is 5.32 Å². The zero-order valence-electron chi connectivity index (χ0n) is 4.87. The molecular formula is C5H8N2OS. The molecule has 1 rings (SSSR count). The minimum absolute atomic E-state index is 0.0628. The molecule has 0 aromatic carbocycles. The first-order valence-electron chi connectivity index (χ1n) is 2.75. The molecule has 0 bridgehead atoms. The molecule has 2 unspecified atom stereocenters. The van der Waals surface area contributed by atoms with Gasteiger partial charge in [0.15, 0.2) is 0 Å². The standard InChI is InChI=1S/C5H8N2OS/c6-1-4-3-9-5(2-8)7-4/h4-5,7-8H,2-3H2. The van der Waals surface area contributed by atoms with Gasteiger partial charge in [0.1, 0.15) is 6.04 Å². The average molecular weight is 144 g/mol. The maximum atomic E-state index is 8.59. The summed E-state index contributed by atoms with van der Waals surface area (Å²) in [7, 11) is 0. The molecule has 0 amide bonds. The maximum absolute atomic E-state index is 8.59. The molecule has 0 aliphatic carbocycles. The Bertz CT molecular complexity index is 133. The van der Waals surface area contributed by atoms with Gasteiger partial charge < -0.3 is 5.11 Å². The molecule has 1 saturated heterocycles. The molecule has 1 aliphatic rings. The van der Waals surface area contributed by atoms with E-state index in [2.05, 4.69) is 11.4 Å². The van der Waals surface area contributed by atoms with Crippen molar-refractivity contribution in [3.63, 3.8) is 0 Å². The topological polar surface area (TPSA) is 56.0 Å². The van der Waals surface area contributed by atoms with E-state index in [0.29, 0.717) is 0 Å². The number of aliphatic hydroxyl groups excluding tert-OH is 1. The molecule has 0 radical (unpaired) electrons. The van der Waals surface area contributed by atoms with E-state index < -0.39 is 0 Å². The number of thioether (sulfide) groups is 1. The predicted molar refractivity (Wildman–Crippen MR) is 35.9 cm³/mol. The Morgan fingerprint density at radius 3 is 3.00 bits per heavy atom. The number of nitriles is 1. The Balaban J connectivity index is 2.31. The third-order valence-electron chi connectivity index (χ3n) is 1.17. The van der Waals surface area contributed by atoms with E-state index in [4.69, 9.17) is 10.4 Å². The van der Waals surface area contributed by atoms with E-state index >= 15 is 0 Å². The lowest BCUT2D eigenvalue weighted by atomic mass is 10.4. The number of aliphatic hydroxyl groups is 1. The minimum atomic E-state index is -0.0628. The zero-order valence-corrected chi connectivity index (χ0v) is 5.69. The quantitative estimate of drug-likeness (QED) is 0.522. The summed E-state index contributed by atoms with van der Waals surface area (Å²) in [6, 6.07) is 2.02. The maximum Gasteiger partial charge on any atom is 0.105 e. The summed E-state index contributed by atoms with van der Waals surface area (Å²) in [4.78, 5) is 0. The van der Waals surface area contributed by atoms with Gasteiger partial charge in [0.2, 0.25) is 0 Å². The van der Waals surface area contributed by atoms with Crippen LogP contribution in [0.1, 0.15) is 0 Å². The molecule has 4 heteroatoms. The Hall–Kier alpha value is -0.240. The Labute approximate surface area is 58.1 Å². The molecule has 2 atom stereocenters. The summed E-state index contributed by atoms with van der Waals surface area (Å²) in [6.07, 6.45) is 0. The van der Waals surface area contributed by atoms with Crippen molar-refractivity contribution in [3.05, 3.63) is 0 Å². The molecule has 1 heterocycles. The number of hydrogen-bond acceptors (Lipinski definition) is 4. The van der Waals surface area contributed by atoms with Crippen molar-refractivity contribution in [1.29, 1.82) is 5.26 Å². The number of nitrogens with zero attached hydrogens (tertiary/aromatic N) is 1. The first-order valence-corrected chi connectivity index (χ1v) is 3.80. The first-order chi connectivity index (χ1) is 4.36. The van der Waals surface area contributed by atoms with Crippen LogP contribution in [-0.2, 0) is 0 Å². The van der Waals surface area contributed by atoms with Crippen LogP contribution in [0, 0.1) is 11.3 Å². The molecule has 0 aromatic heterocycles. The number of rotatable bonds is 1. The van der Waals surface area contributed by atoms with E-state index in [1.54, 1.807) is 11.8 Å². The Morgan fingerprint density at radius 2 is 2.67 bits per heavy atom. The molecule has 50 valence electrons. The van der Waals surface area contributed by atoms with E-state index in [9.17, 15) is 0 Å². The Kier molecular flexibility index (Phi) is 2.34. The summed E-state index contributed by atoms with van der Waals surface area (Å²) < 4.78 is 0. The van der Waals surface area contributed by atoms with Gasteiger partial charge in [0.25, 0.3) is 0 Å². The molecule has 0 spiro atoms. The van der Waals surface area contributed by atoms with Crippen LogP contribution in [0.2, 0.25) is 0 Å². The van der Waals surface area contributed by atoms with Crippen molar-refractivity contribution in [2.75, 3.05) is 12.4 Å². The van der Waals surface area contributed by atoms with Crippen LogP contribution in [0.25, 0.3) is 0 Å². The molecule has 0 aromatic rings. The van der Waals surface area contributed by atoms with Gasteiger partial charge in [-0.15, -0.1) is 11.8 Å². The summed E-state index contributed by atoms with van der Waals surface area (Å²) >= 11 is 1.59. The smallest absolute Gasteiger partial charge is 0.105 e. The average Bonchev–Trinajstić information content (AvgIpc) is 2.34. The van der Waals surface area contributed by atoms with Gasteiger partial charge in [-0.25, -0.2) is 0 Å². The van der Waals surface area contributed by atoms with E-state index in [0.717, 1.165) is 5.75 Å². The van der Waals surface area contributed by atoms with Crippen molar-refractivity contribution in [2.24, 2.45) is 0 Å². The molecule has 0 saturated carbocycles. The Morgan fingerprint density at radius 1 is 1.89 bits per heavy atom. The zero-order chi connectivity index (χ0) is 6.69. The van der Waals surface area contributed by atoms with Gasteiger partial charge in [0, 0.05) is 5.75 Å². The molecule has 9 heavy (non-hydrogen) atoms. The lowest BCUT2D eigenvalue weighted by Gasteiger charge is -2.02. The second-order valence-electron chi connectivity index (χ2n) is 1.85. The molecule has 1 fully saturated rings. The highest BCUT2D eigenvalue weighted by atomic mass is 32.2. The van der Waals surface area contributed by atoms with Crippen LogP contribution in [0.3, 0.4) is 0 Å². The second kappa shape index (κ2) is 3.06. The minimum Gasteiger partial charge on any atom is -0.394 e. The normalized spacial score (nSPS) is 34.2. The SMILES string of the molecule is N#CC1CSC(CO)N1. The van der Waals surface area contributed by atoms with Crippen LogP contribution in [0.15, 0.2) is 0 Å². The number of hydrogen-bond donors (Lipinski definition) is 2. The van der Waals surface area contributed by atoms with E-state index in [1.165, 1.54) is 0 Å². The van der Waals surface area contributed by atoms with E-state index in [1.807, 2.05) is 0 Å². The lowest BCUT2D eigenvalue weighted by Crippen LogP contribution is -2.30. The summed E-state index contributed by atoms with van der Waals surface area (Å²) in [5.41, 5.74) is 0. The summed E-state index contributed by atoms with van der Waals surface area (Å²) in [5, 5.41) is 20.0. The lowest BCUT2D eigenvalue weighted by molar-refractivity contribution is 0.282. The fraction of sp³-hybridized carbons (Fsp3) is 0.800.